The van der Waals surface area contributed by atoms with Crippen LogP contribution in [0.15, 0.2) is 66.7 Å². The van der Waals surface area contributed by atoms with Gasteiger partial charge < -0.3 is 10.1 Å². The van der Waals surface area contributed by atoms with E-state index in [4.69, 9.17) is 14.6 Å². The summed E-state index contributed by atoms with van der Waals surface area (Å²) in [5.74, 6) is 1.68. The fraction of sp³-hybridized carbons (Fsp3) is 0.174. The molecule has 5 heteroatoms. The molecule has 0 fully saturated rings. The molecule has 28 heavy (non-hydrogen) atoms. The molecule has 5 nitrogen and oxygen atoms in total. The number of methoxy groups -OCH3 is 1. The van der Waals surface area contributed by atoms with Crippen molar-refractivity contribution in [1.29, 1.82) is 0 Å². The maximum atomic E-state index is 5.89. The summed E-state index contributed by atoms with van der Waals surface area (Å²) in [7, 11) is 1.68. The Balaban J connectivity index is 1.43. The molecule has 1 N–H and O–H groups in total. The Kier molecular flexibility index (Phi) is 5.54. The first-order valence-electron chi connectivity index (χ1n) is 9.29. The predicted octanol–water partition coefficient (Wildman–Crippen LogP) is 2.67. The van der Waals surface area contributed by atoms with Crippen LogP contribution in [0.2, 0.25) is 0 Å². The summed E-state index contributed by atoms with van der Waals surface area (Å²) in [6.07, 6.45) is 4.08. The van der Waals surface area contributed by atoms with E-state index in [1.54, 1.807) is 7.11 Å². The fourth-order valence-electron chi connectivity index (χ4n) is 3.03. The van der Waals surface area contributed by atoms with Crippen LogP contribution in [0.4, 0.5) is 5.82 Å². The second-order valence-corrected chi connectivity index (χ2v) is 6.57. The number of anilines is 1. The van der Waals surface area contributed by atoms with Gasteiger partial charge in [-0.1, -0.05) is 48.5 Å². The number of aromatic nitrogens is 1. The van der Waals surface area contributed by atoms with Gasteiger partial charge in [-0.05, 0) is 40.6 Å². The molecule has 142 valence electrons. The minimum absolute atomic E-state index is 0.536. The number of nitrogens with zero attached hydrogens (tertiary/aromatic N) is 2. The highest BCUT2D eigenvalue weighted by atomic mass is 16.7. The second kappa shape index (κ2) is 8.59. The van der Waals surface area contributed by atoms with E-state index in [2.05, 4.69) is 35.7 Å². The zero-order valence-electron chi connectivity index (χ0n) is 15.8. The molecular formula is C23H23N3O2. The first-order chi connectivity index (χ1) is 13.8. The zero-order chi connectivity index (χ0) is 19.2. The smallest absolute Gasteiger partial charge is 0.126 e. The van der Waals surface area contributed by atoms with Crippen molar-refractivity contribution in [2.75, 3.05) is 19.0 Å². The van der Waals surface area contributed by atoms with Gasteiger partial charge in [0.15, 0.2) is 0 Å². The topological polar surface area (TPSA) is 46.6 Å². The van der Waals surface area contributed by atoms with E-state index in [-0.39, 0.29) is 0 Å². The number of hydroxylamine groups is 2. The molecule has 2 aromatic carbocycles. The first kappa shape index (κ1) is 18.1. The van der Waals surface area contributed by atoms with E-state index in [9.17, 15) is 0 Å². The molecule has 0 saturated carbocycles. The summed E-state index contributed by atoms with van der Waals surface area (Å²) in [5, 5.41) is 7.22. The third kappa shape index (κ3) is 4.50. The average Bonchev–Trinajstić information content (AvgIpc) is 2.77. The van der Waals surface area contributed by atoms with Crippen LogP contribution in [0.5, 0.6) is 5.75 Å². The molecule has 0 amide bonds. The van der Waals surface area contributed by atoms with Gasteiger partial charge in [0.05, 0.1) is 31.8 Å². The largest absolute Gasteiger partial charge is 0.497 e. The first-order valence-corrected chi connectivity index (χ1v) is 9.29. The molecule has 1 aliphatic rings. The lowest BCUT2D eigenvalue weighted by molar-refractivity contribution is -0.106. The number of nitrogens with one attached hydrogen (secondary N) is 1. The Hall–Kier alpha value is -3.31. The molecule has 0 spiro atoms. The Bertz CT molecular complexity index is 1050. The fourth-order valence-corrected chi connectivity index (χ4v) is 3.03. The maximum Gasteiger partial charge on any atom is 0.126 e. The number of ether oxygens (including phenoxy) is 1. The monoisotopic (exact) mass is 373 g/mol. The zero-order valence-corrected chi connectivity index (χ0v) is 15.8. The van der Waals surface area contributed by atoms with Crippen LogP contribution in [0.25, 0.3) is 12.3 Å². The van der Waals surface area contributed by atoms with Crippen LogP contribution in [-0.4, -0.2) is 23.7 Å². The minimum atomic E-state index is 0.536. The molecule has 4 rings (SSSR count). The van der Waals surface area contributed by atoms with Gasteiger partial charge in [0.1, 0.15) is 11.6 Å². The lowest BCUT2D eigenvalue weighted by Crippen LogP contribution is -2.37. The number of fused-ring (bicyclic) bond motifs is 1. The van der Waals surface area contributed by atoms with Gasteiger partial charge in [0, 0.05) is 6.54 Å². The van der Waals surface area contributed by atoms with Crippen molar-refractivity contribution in [3.8, 4) is 5.75 Å². The predicted molar refractivity (Wildman–Crippen MR) is 111 cm³/mol. The second-order valence-electron chi connectivity index (χ2n) is 6.57. The summed E-state index contributed by atoms with van der Waals surface area (Å²) in [4.78, 5) is 10.6. The van der Waals surface area contributed by atoms with Crippen molar-refractivity contribution in [2.24, 2.45) is 0 Å². The highest BCUT2D eigenvalue weighted by Gasteiger charge is 2.06. The molecule has 1 aromatic heterocycles. The summed E-state index contributed by atoms with van der Waals surface area (Å²) in [5.41, 5.74) is 2.28. The Morgan fingerprint density at radius 2 is 1.86 bits per heavy atom. The van der Waals surface area contributed by atoms with E-state index in [0.29, 0.717) is 19.7 Å². The molecule has 1 aliphatic heterocycles. The molecule has 0 saturated heterocycles. The van der Waals surface area contributed by atoms with Gasteiger partial charge in [0.25, 0.3) is 0 Å². The van der Waals surface area contributed by atoms with Crippen LogP contribution < -0.4 is 20.6 Å². The lowest BCUT2D eigenvalue weighted by Gasteiger charge is -2.20. The highest BCUT2D eigenvalue weighted by Crippen LogP contribution is 2.13. The van der Waals surface area contributed by atoms with Crippen molar-refractivity contribution in [2.45, 2.75) is 13.2 Å². The number of hydrogen-bond acceptors (Lipinski definition) is 5. The van der Waals surface area contributed by atoms with E-state index in [1.165, 1.54) is 0 Å². The molecule has 0 atom stereocenters. The van der Waals surface area contributed by atoms with Crippen molar-refractivity contribution in [3.05, 3.63) is 88.4 Å². The van der Waals surface area contributed by atoms with Crippen molar-refractivity contribution in [3.63, 3.8) is 0 Å². The standard InChI is InChI=1S/C23H23N3O2/c1-27-21-9-5-8-19(14-21)15-24-23-11-10-20-12-13-26(16-22(20)25-23)28-17-18-6-3-2-4-7-18/h2-12,14,16H,13,15,17H2,1H3,(H,24,25). The number of hydrogen-bond donors (Lipinski definition) is 1. The van der Waals surface area contributed by atoms with Gasteiger partial charge in [0.2, 0.25) is 0 Å². The molecule has 0 unspecified atom stereocenters. The van der Waals surface area contributed by atoms with E-state index in [0.717, 1.165) is 33.3 Å². The van der Waals surface area contributed by atoms with Crippen molar-refractivity contribution >= 4 is 18.1 Å². The maximum absolute atomic E-state index is 5.89. The van der Waals surface area contributed by atoms with Gasteiger partial charge in [-0.2, -0.15) is 0 Å². The molecule has 0 aliphatic carbocycles. The van der Waals surface area contributed by atoms with Crippen LogP contribution in [0.1, 0.15) is 11.1 Å². The molecule has 0 radical (unpaired) electrons. The van der Waals surface area contributed by atoms with Crippen LogP contribution in [0.3, 0.4) is 0 Å². The van der Waals surface area contributed by atoms with E-state index >= 15 is 0 Å². The Morgan fingerprint density at radius 1 is 1.00 bits per heavy atom. The Morgan fingerprint density at radius 3 is 2.71 bits per heavy atom. The highest BCUT2D eigenvalue weighted by molar-refractivity contribution is 5.42. The summed E-state index contributed by atoms with van der Waals surface area (Å²) in [6, 6.07) is 22.2. The summed E-state index contributed by atoms with van der Waals surface area (Å²) >= 11 is 0. The van der Waals surface area contributed by atoms with Crippen molar-refractivity contribution in [1.82, 2.24) is 10.0 Å². The average molecular weight is 373 g/mol. The van der Waals surface area contributed by atoms with Gasteiger partial charge in [-0.15, -0.1) is 0 Å². The minimum Gasteiger partial charge on any atom is -0.497 e. The number of pyridine rings is 1. The van der Waals surface area contributed by atoms with Crippen LogP contribution in [-0.2, 0) is 18.0 Å². The van der Waals surface area contributed by atoms with Crippen LogP contribution >= 0.6 is 0 Å². The molecule has 3 aromatic rings. The number of rotatable bonds is 7. The SMILES string of the molecule is COc1cccc(CNc2ccc3c(n2)=CN(OCc2ccccc2)CC=3)c1. The quantitative estimate of drug-likeness (QED) is 0.690. The lowest BCUT2D eigenvalue weighted by atomic mass is 10.2. The molecule has 0 bridgehead atoms. The molecule has 2 heterocycles. The van der Waals surface area contributed by atoms with Gasteiger partial charge in [-0.25, -0.2) is 4.98 Å². The third-order valence-electron chi connectivity index (χ3n) is 4.56. The van der Waals surface area contributed by atoms with E-state index < -0.39 is 0 Å². The third-order valence-corrected chi connectivity index (χ3v) is 4.56. The summed E-state index contributed by atoms with van der Waals surface area (Å²) < 4.78 is 5.28. The van der Waals surface area contributed by atoms with E-state index in [1.807, 2.05) is 53.7 Å². The Labute approximate surface area is 164 Å². The normalized spacial score (nSPS) is 12.5. The number of benzene rings is 2. The van der Waals surface area contributed by atoms with Crippen molar-refractivity contribution < 1.29 is 9.57 Å². The molecular weight excluding hydrogens is 350 g/mol. The van der Waals surface area contributed by atoms with Gasteiger partial charge >= 0.3 is 0 Å². The van der Waals surface area contributed by atoms with Crippen LogP contribution in [0, 0.1) is 0 Å². The summed E-state index contributed by atoms with van der Waals surface area (Å²) in [6.45, 7) is 1.92. The van der Waals surface area contributed by atoms with Gasteiger partial charge in [-0.3, -0.25) is 9.90 Å².